The number of aromatic nitrogens is 4. The summed E-state index contributed by atoms with van der Waals surface area (Å²) in [4.78, 5) is 4.90. The Hall–Kier alpha value is -4.47. The predicted octanol–water partition coefficient (Wildman–Crippen LogP) is 12.4. The maximum atomic E-state index is 6.72. The molecule has 7 aromatic rings. The minimum absolute atomic E-state index is 0. The molecule has 0 aliphatic carbocycles. The molecule has 3 aromatic heterocycles. The van der Waals surface area contributed by atoms with Gasteiger partial charge in [0.15, 0.2) is 0 Å². The van der Waals surface area contributed by atoms with Gasteiger partial charge < -0.3 is 9.30 Å². The number of fused-ring (bicyclic) bond motifs is 3. The van der Waals surface area contributed by atoms with Gasteiger partial charge >= 0.3 is 21.1 Å². The van der Waals surface area contributed by atoms with Gasteiger partial charge in [0.25, 0.3) is 0 Å². The molecule has 0 saturated carbocycles. The maximum absolute atomic E-state index is 6.72. The summed E-state index contributed by atoms with van der Waals surface area (Å²) in [6.45, 7) is 24.4. The van der Waals surface area contributed by atoms with Crippen molar-refractivity contribution < 1.29 is 25.8 Å². The van der Waals surface area contributed by atoms with Crippen molar-refractivity contribution in [3.8, 4) is 34.1 Å². The fraction of sp³-hybridized carbons (Fsp3) is 0.319. The van der Waals surface area contributed by atoms with Gasteiger partial charge in [-0.25, -0.2) is 4.98 Å². The number of ether oxygens (including phenoxy) is 1. The summed E-state index contributed by atoms with van der Waals surface area (Å²) >= 11 is 0. The van der Waals surface area contributed by atoms with Crippen LogP contribution in [0.25, 0.3) is 44.4 Å². The number of hydrogen-bond acceptors (Lipinski definition) is 3. The number of benzene rings is 4. The van der Waals surface area contributed by atoms with Crippen molar-refractivity contribution in [1.82, 2.24) is 19.3 Å². The third-order valence-electron chi connectivity index (χ3n) is 10.5. The van der Waals surface area contributed by atoms with E-state index >= 15 is 0 Å². The van der Waals surface area contributed by atoms with E-state index in [1.165, 1.54) is 16.5 Å². The molecule has 5 nitrogen and oxygen atoms in total. The van der Waals surface area contributed by atoms with Gasteiger partial charge in [0, 0.05) is 34.5 Å². The first-order valence-electron chi connectivity index (χ1n) is 18.4. The molecular weight excluding hydrogens is 832 g/mol. The van der Waals surface area contributed by atoms with Crippen molar-refractivity contribution in [3.05, 3.63) is 131 Å². The Morgan fingerprint density at radius 2 is 1.43 bits per heavy atom. The number of nitrogens with zero attached hydrogens (tertiary/aromatic N) is 4. The van der Waals surface area contributed by atoms with Crippen LogP contribution in [0.15, 0.2) is 91.1 Å². The smallest absolute Gasteiger partial charge is 0.509 e. The minimum atomic E-state index is -0.130. The summed E-state index contributed by atoms with van der Waals surface area (Å²) in [6, 6.07) is 37.3. The minimum Gasteiger partial charge on any atom is -0.509 e. The van der Waals surface area contributed by atoms with Crippen molar-refractivity contribution in [2.45, 2.75) is 92.9 Å². The van der Waals surface area contributed by atoms with E-state index in [-0.39, 0.29) is 31.9 Å². The third kappa shape index (κ3) is 7.38. The monoisotopic (exact) mass is 881 g/mol. The molecule has 0 aliphatic rings. The normalized spacial score (nSPS) is 12.8. The molecule has 0 amide bonds. The molecule has 274 valence electrons. The Balaban J connectivity index is 0.00000481. The van der Waals surface area contributed by atoms with E-state index < -0.39 is 0 Å². The Morgan fingerprint density at radius 1 is 0.717 bits per heavy atom. The molecule has 0 radical (unpaired) electrons. The maximum Gasteiger partial charge on any atom is 2.00 e. The SMILES string of the molecule is Cc1nn(-c2[c-]c(Oc3[c-]c4c(cc3)c3cc(C(C)C(C)C)ccc3n4-c3cc(C(C)(C)C)ccn3)cc(C(C)(C)C)c2)c(C)c1-c1ccccc1.[Pt+2]. The van der Waals surface area contributed by atoms with Crippen LogP contribution in [0.2, 0.25) is 0 Å². The van der Waals surface area contributed by atoms with E-state index in [0.29, 0.717) is 23.3 Å². The zero-order valence-corrected chi connectivity index (χ0v) is 35.1. The Kier molecular flexibility index (Phi) is 10.4. The summed E-state index contributed by atoms with van der Waals surface area (Å²) < 4.78 is 10.9. The molecule has 7 rings (SSSR count). The van der Waals surface area contributed by atoms with Gasteiger partial charge in [-0.05, 0) is 82.5 Å². The number of hydrogen-bond donors (Lipinski definition) is 0. The van der Waals surface area contributed by atoms with Gasteiger partial charge in [0.05, 0.1) is 5.69 Å². The molecule has 0 aliphatic heterocycles. The van der Waals surface area contributed by atoms with Gasteiger partial charge in [0.1, 0.15) is 5.82 Å². The number of rotatable bonds is 7. The molecule has 0 fully saturated rings. The van der Waals surface area contributed by atoms with Gasteiger partial charge in [0.2, 0.25) is 0 Å². The van der Waals surface area contributed by atoms with Crippen molar-refractivity contribution in [3.63, 3.8) is 0 Å². The molecule has 53 heavy (non-hydrogen) atoms. The molecule has 0 spiro atoms. The Bertz CT molecular complexity index is 2420. The Labute approximate surface area is 329 Å². The predicted molar refractivity (Wildman–Crippen MR) is 215 cm³/mol. The fourth-order valence-electron chi connectivity index (χ4n) is 7.06. The summed E-state index contributed by atoms with van der Waals surface area (Å²) in [5, 5.41) is 7.31. The van der Waals surface area contributed by atoms with Gasteiger partial charge in [-0.2, -0.15) is 11.2 Å². The first kappa shape index (κ1) is 38.3. The van der Waals surface area contributed by atoms with Crippen LogP contribution in [0, 0.1) is 31.9 Å². The summed E-state index contributed by atoms with van der Waals surface area (Å²) in [7, 11) is 0. The summed E-state index contributed by atoms with van der Waals surface area (Å²) in [5.41, 5.74) is 10.7. The van der Waals surface area contributed by atoms with Crippen LogP contribution >= 0.6 is 0 Å². The number of pyridine rings is 1. The van der Waals surface area contributed by atoms with E-state index in [0.717, 1.165) is 56.0 Å². The zero-order chi connectivity index (χ0) is 37.1. The molecule has 0 saturated heterocycles. The van der Waals surface area contributed by atoms with Crippen molar-refractivity contribution in [1.29, 1.82) is 0 Å². The van der Waals surface area contributed by atoms with Crippen LogP contribution in [-0.2, 0) is 31.9 Å². The van der Waals surface area contributed by atoms with Gasteiger partial charge in [-0.1, -0.05) is 110 Å². The largest absolute Gasteiger partial charge is 2.00 e. The summed E-state index contributed by atoms with van der Waals surface area (Å²) in [5.74, 6) is 3.07. The van der Waals surface area contributed by atoms with Gasteiger partial charge in [-0.3, -0.25) is 4.68 Å². The van der Waals surface area contributed by atoms with E-state index in [2.05, 4.69) is 166 Å². The second-order valence-corrected chi connectivity index (χ2v) is 16.7. The fourth-order valence-corrected chi connectivity index (χ4v) is 7.06. The van der Waals surface area contributed by atoms with Crippen LogP contribution in [0.5, 0.6) is 11.5 Å². The molecule has 1 unspecified atom stereocenters. The Morgan fingerprint density at radius 3 is 2.11 bits per heavy atom. The molecule has 4 aromatic carbocycles. The van der Waals surface area contributed by atoms with Gasteiger partial charge in [-0.15, -0.1) is 41.3 Å². The average Bonchev–Trinajstić information content (AvgIpc) is 3.59. The van der Waals surface area contributed by atoms with E-state index in [1.54, 1.807) is 0 Å². The van der Waals surface area contributed by atoms with E-state index in [4.69, 9.17) is 14.8 Å². The molecule has 1 atom stereocenters. The first-order chi connectivity index (χ1) is 24.6. The van der Waals surface area contributed by atoms with Crippen molar-refractivity contribution in [2.24, 2.45) is 5.92 Å². The standard InChI is InChI=1S/C47H50N4O.Pt/c1-29(2)30(3)34-17-20-42-41(23-34)40-19-18-38(28-43(40)50(42)44-26-35(21-22-48-44)46(6,7)8)52-39-25-36(47(9,10)11)24-37(27-39)51-32(5)45(31(4)49-51)33-15-13-12-14-16-33;/h12-26,29-30H,1-11H3;/q-2;+2. The van der Waals surface area contributed by atoms with E-state index in [1.807, 2.05) is 23.0 Å². The van der Waals surface area contributed by atoms with Crippen molar-refractivity contribution in [2.75, 3.05) is 0 Å². The van der Waals surface area contributed by atoms with Crippen LogP contribution in [0.1, 0.15) is 96.3 Å². The molecule has 6 heteroatoms. The van der Waals surface area contributed by atoms with E-state index in [9.17, 15) is 0 Å². The zero-order valence-electron chi connectivity index (χ0n) is 32.8. The molecule has 0 N–H and O–H groups in total. The second-order valence-electron chi connectivity index (χ2n) is 16.7. The quantitative estimate of drug-likeness (QED) is 0.150. The molecule has 0 bridgehead atoms. The van der Waals surface area contributed by atoms with Crippen LogP contribution in [0.4, 0.5) is 0 Å². The first-order valence-corrected chi connectivity index (χ1v) is 18.4. The third-order valence-corrected chi connectivity index (χ3v) is 10.5. The van der Waals surface area contributed by atoms with Crippen molar-refractivity contribution >= 4 is 21.8 Å². The average molecular weight is 882 g/mol. The van der Waals surface area contributed by atoms with Crippen LogP contribution in [-0.4, -0.2) is 19.3 Å². The van der Waals surface area contributed by atoms with Crippen LogP contribution in [0.3, 0.4) is 0 Å². The topological polar surface area (TPSA) is 44.9 Å². The second kappa shape index (κ2) is 14.4. The number of aryl methyl sites for hydroxylation is 1. The molecular formula is C47H50N4OPt. The summed E-state index contributed by atoms with van der Waals surface area (Å²) in [6.07, 6.45) is 1.92. The van der Waals surface area contributed by atoms with Crippen LogP contribution < -0.4 is 4.74 Å². The molecule has 3 heterocycles.